The lowest BCUT2D eigenvalue weighted by atomic mass is 10.0. The highest BCUT2D eigenvalue weighted by Gasteiger charge is 2.14. The topological polar surface area (TPSA) is 55.1 Å². The van der Waals surface area contributed by atoms with Crippen LogP contribution in [0.15, 0.2) is 0 Å². The monoisotopic (exact) mass is 224 g/mol. The van der Waals surface area contributed by atoms with E-state index in [1.54, 1.807) is 0 Å². The third kappa shape index (κ3) is 7.30. The standard InChI is InChI=1S/C13H24N2O/c1-5-7-12(4)15-13(16)10(2)8-6-9-11(3)14/h1,10-12H,6-9,14H2,2-4H3,(H,15,16). The maximum Gasteiger partial charge on any atom is 0.223 e. The zero-order valence-electron chi connectivity index (χ0n) is 10.6. The molecule has 0 fully saturated rings. The van der Waals surface area contributed by atoms with Crippen molar-refractivity contribution in [3.05, 3.63) is 0 Å². The third-order valence-electron chi connectivity index (χ3n) is 2.56. The molecule has 0 spiro atoms. The van der Waals surface area contributed by atoms with Crippen LogP contribution in [0.2, 0.25) is 0 Å². The molecule has 0 rings (SSSR count). The van der Waals surface area contributed by atoms with Crippen LogP contribution in [-0.2, 0) is 4.79 Å². The summed E-state index contributed by atoms with van der Waals surface area (Å²) in [5.74, 6) is 2.67. The van der Waals surface area contributed by atoms with Crippen molar-refractivity contribution in [2.75, 3.05) is 0 Å². The first-order valence-corrected chi connectivity index (χ1v) is 5.96. The van der Waals surface area contributed by atoms with Crippen LogP contribution in [0, 0.1) is 18.3 Å². The highest BCUT2D eigenvalue weighted by atomic mass is 16.1. The second kappa shape index (κ2) is 8.18. The average molecular weight is 224 g/mol. The number of nitrogens with one attached hydrogen (secondary N) is 1. The molecule has 0 aliphatic heterocycles. The van der Waals surface area contributed by atoms with Crippen molar-refractivity contribution in [2.24, 2.45) is 11.7 Å². The Morgan fingerprint density at radius 1 is 1.38 bits per heavy atom. The smallest absolute Gasteiger partial charge is 0.223 e. The van der Waals surface area contributed by atoms with Crippen LogP contribution in [0.4, 0.5) is 0 Å². The lowest BCUT2D eigenvalue weighted by molar-refractivity contribution is -0.125. The van der Waals surface area contributed by atoms with Crippen molar-refractivity contribution in [1.29, 1.82) is 0 Å². The Kier molecular flexibility index (Phi) is 7.66. The van der Waals surface area contributed by atoms with Crippen molar-refractivity contribution in [3.63, 3.8) is 0 Å². The first kappa shape index (κ1) is 15.0. The second-order valence-electron chi connectivity index (χ2n) is 4.63. The number of hydrogen-bond acceptors (Lipinski definition) is 2. The van der Waals surface area contributed by atoms with Gasteiger partial charge in [-0.25, -0.2) is 0 Å². The maximum atomic E-state index is 11.7. The normalized spacial score (nSPS) is 15.9. The van der Waals surface area contributed by atoms with E-state index in [9.17, 15) is 4.79 Å². The number of carbonyl (C=O) groups excluding carboxylic acids is 1. The van der Waals surface area contributed by atoms with Crippen LogP contribution in [0.3, 0.4) is 0 Å². The molecule has 0 heterocycles. The highest BCUT2D eigenvalue weighted by Crippen LogP contribution is 2.09. The van der Waals surface area contributed by atoms with E-state index < -0.39 is 0 Å². The minimum absolute atomic E-state index is 0.0407. The van der Waals surface area contributed by atoms with Crippen LogP contribution in [0.25, 0.3) is 0 Å². The van der Waals surface area contributed by atoms with Gasteiger partial charge in [0.05, 0.1) is 0 Å². The van der Waals surface area contributed by atoms with Gasteiger partial charge in [-0.05, 0) is 26.7 Å². The van der Waals surface area contributed by atoms with Gasteiger partial charge in [0.1, 0.15) is 0 Å². The third-order valence-corrected chi connectivity index (χ3v) is 2.56. The van der Waals surface area contributed by atoms with Crippen molar-refractivity contribution in [3.8, 4) is 12.3 Å². The molecule has 0 saturated heterocycles. The Morgan fingerprint density at radius 2 is 2.00 bits per heavy atom. The molecular weight excluding hydrogens is 200 g/mol. The van der Waals surface area contributed by atoms with E-state index in [2.05, 4.69) is 11.2 Å². The lowest BCUT2D eigenvalue weighted by Gasteiger charge is -2.16. The van der Waals surface area contributed by atoms with E-state index in [1.807, 2.05) is 20.8 Å². The predicted octanol–water partition coefficient (Wildman–Crippen LogP) is 1.67. The van der Waals surface area contributed by atoms with E-state index in [0.29, 0.717) is 6.42 Å². The number of nitrogens with two attached hydrogens (primary N) is 1. The quantitative estimate of drug-likeness (QED) is 0.646. The predicted molar refractivity (Wildman–Crippen MR) is 67.7 cm³/mol. The van der Waals surface area contributed by atoms with Crippen molar-refractivity contribution >= 4 is 5.91 Å². The highest BCUT2D eigenvalue weighted by molar-refractivity contribution is 5.78. The van der Waals surface area contributed by atoms with Crippen molar-refractivity contribution in [1.82, 2.24) is 5.32 Å². The molecule has 0 aliphatic rings. The average Bonchev–Trinajstić information content (AvgIpc) is 2.17. The largest absolute Gasteiger partial charge is 0.352 e. The minimum Gasteiger partial charge on any atom is -0.352 e. The maximum absolute atomic E-state index is 11.7. The Hall–Kier alpha value is -1.01. The van der Waals surface area contributed by atoms with Gasteiger partial charge in [0, 0.05) is 24.4 Å². The summed E-state index contributed by atoms with van der Waals surface area (Å²) in [5.41, 5.74) is 5.65. The van der Waals surface area contributed by atoms with Crippen LogP contribution < -0.4 is 11.1 Å². The van der Waals surface area contributed by atoms with Crippen LogP contribution >= 0.6 is 0 Å². The van der Waals surface area contributed by atoms with Crippen LogP contribution in [-0.4, -0.2) is 18.0 Å². The van der Waals surface area contributed by atoms with Gasteiger partial charge in [0.25, 0.3) is 0 Å². The molecule has 3 atom stereocenters. The number of carbonyl (C=O) groups is 1. The first-order valence-electron chi connectivity index (χ1n) is 5.96. The molecule has 0 aliphatic carbocycles. The van der Waals surface area contributed by atoms with Crippen molar-refractivity contribution < 1.29 is 4.79 Å². The molecule has 0 aromatic heterocycles. The summed E-state index contributed by atoms with van der Waals surface area (Å²) >= 11 is 0. The number of hydrogen-bond donors (Lipinski definition) is 2. The van der Waals surface area contributed by atoms with Crippen LogP contribution in [0.5, 0.6) is 0 Å². The summed E-state index contributed by atoms with van der Waals surface area (Å²) in [5, 5.41) is 2.91. The summed E-state index contributed by atoms with van der Waals surface area (Å²) in [4.78, 5) is 11.7. The summed E-state index contributed by atoms with van der Waals surface area (Å²) < 4.78 is 0. The van der Waals surface area contributed by atoms with Gasteiger partial charge in [-0.3, -0.25) is 4.79 Å². The molecule has 3 nitrogen and oxygen atoms in total. The fourth-order valence-corrected chi connectivity index (χ4v) is 1.49. The fraction of sp³-hybridized carbons (Fsp3) is 0.769. The lowest BCUT2D eigenvalue weighted by Crippen LogP contribution is -2.36. The molecule has 0 aromatic carbocycles. The van der Waals surface area contributed by atoms with E-state index in [-0.39, 0.29) is 23.9 Å². The Labute approximate surface area is 99.2 Å². The van der Waals surface area contributed by atoms with Gasteiger partial charge in [-0.2, -0.15) is 0 Å². The van der Waals surface area contributed by atoms with E-state index in [4.69, 9.17) is 12.2 Å². The van der Waals surface area contributed by atoms with Gasteiger partial charge in [-0.15, -0.1) is 12.3 Å². The molecule has 3 heteroatoms. The minimum atomic E-state index is 0.0407. The molecule has 0 aromatic rings. The van der Waals surface area contributed by atoms with Gasteiger partial charge < -0.3 is 11.1 Å². The molecule has 92 valence electrons. The Morgan fingerprint density at radius 3 is 2.50 bits per heavy atom. The zero-order chi connectivity index (χ0) is 12.6. The number of terminal acetylenes is 1. The van der Waals surface area contributed by atoms with E-state index in [0.717, 1.165) is 19.3 Å². The fourth-order valence-electron chi connectivity index (χ4n) is 1.49. The molecule has 3 N–H and O–H groups in total. The summed E-state index contributed by atoms with van der Waals surface area (Å²) in [6.07, 6.45) is 8.61. The van der Waals surface area contributed by atoms with E-state index >= 15 is 0 Å². The van der Waals surface area contributed by atoms with Crippen LogP contribution in [0.1, 0.15) is 46.5 Å². The van der Waals surface area contributed by atoms with Crippen molar-refractivity contribution in [2.45, 2.75) is 58.5 Å². The first-order chi connectivity index (χ1) is 7.47. The summed E-state index contributed by atoms with van der Waals surface area (Å²) in [6.45, 7) is 5.85. The molecule has 16 heavy (non-hydrogen) atoms. The molecule has 0 bridgehead atoms. The Bertz CT molecular complexity index is 243. The summed E-state index contributed by atoms with van der Waals surface area (Å²) in [6, 6.07) is 0.281. The zero-order valence-corrected chi connectivity index (χ0v) is 10.6. The van der Waals surface area contributed by atoms with Gasteiger partial charge >= 0.3 is 0 Å². The van der Waals surface area contributed by atoms with Gasteiger partial charge in [0.15, 0.2) is 0 Å². The van der Waals surface area contributed by atoms with Gasteiger partial charge in [0.2, 0.25) is 5.91 Å². The number of amides is 1. The molecular formula is C13H24N2O. The number of rotatable bonds is 7. The molecule has 0 radical (unpaired) electrons. The SMILES string of the molecule is C#CCC(C)NC(=O)C(C)CCCC(C)N. The molecule has 0 saturated carbocycles. The molecule has 3 unspecified atom stereocenters. The molecule has 1 amide bonds. The van der Waals surface area contributed by atoms with E-state index in [1.165, 1.54) is 0 Å². The summed E-state index contributed by atoms with van der Waals surface area (Å²) in [7, 11) is 0. The Balaban J connectivity index is 3.77. The second-order valence-corrected chi connectivity index (χ2v) is 4.63. The van der Waals surface area contributed by atoms with Gasteiger partial charge in [-0.1, -0.05) is 13.3 Å².